The SMILES string of the molecule is CCC1C[C@@]1(CC)CCCCCS(C)(Cl)Cl. The first-order chi connectivity index (χ1) is 7.43. The topological polar surface area (TPSA) is 0 Å². The summed E-state index contributed by atoms with van der Waals surface area (Å²) < 4.78 is 0. The Morgan fingerprint density at radius 3 is 2.31 bits per heavy atom. The second-order valence-corrected chi connectivity index (χ2v) is 12.1. The van der Waals surface area contributed by atoms with Gasteiger partial charge in [0.15, 0.2) is 0 Å². The van der Waals surface area contributed by atoms with Crippen molar-refractivity contribution in [3.8, 4) is 0 Å². The molecule has 1 rings (SSSR count). The lowest BCUT2D eigenvalue weighted by atomic mass is 9.92. The van der Waals surface area contributed by atoms with Crippen LogP contribution in [0.1, 0.15) is 58.8 Å². The van der Waals surface area contributed by atoms with Crippen LogP contribution >= 0.6 is 29.8 Å². The summed E-state index contributed by atoms with van der Waals surface area (Å²) in [5.74, 6) is 2.03. The van der Waals surface area contributed by atoms with E-state index in [4.69, 9.17) is 21.4 Å². The normalized spacial score (nSPS) is 30.4. The van der Waals surface area contributed by atoms with E-state index in [1.54, 1.807) is 0 Å². The molecule has 0 N–H and O–H groups in total. The van der Waals surface area contributed by atoms with Gasteiger partial charge in [0.25, 0.3) is 0 Å². The largest absolute Gasteiger partial charge is 0.0873 e. The van der Waals surface area contributed by atoms with Gasteiger partial charge in [0.1, 0.15) is 0 Å². The Bertz CT molecular complexity index is 212. The molecular formula is C13H26Cl2S. The molecule has 0 saturated heterocycles. The standard InChI is InChI=1S/C13H26Cl2S/c1-4-12-11-13(12,5-2)9-7-6-8-10-16(3,14)15/h12H,4-11H2,1-3H3/t12?,13-/m1/s1. The maximum absolute atomic E-state index is 6.04. The lowest BCUT2D eigenvalue weighted by Gasteiger charge is -2.18. The van der Waals surface area contributed by atoms with Crippen LogP contribution in [0, 0.1) is 11.3 Å². The summed E-state index contributed by atoms with van der Waals surface area (Å²) in [5.41, 5.74) is 0.729. The average molecular weight is 285 g/mol. The zero-order valence-electron chi connectivity index (χ0n) is 10.9. The first-order valence-electron chi connectivity index (χ1n) is 6.59. The van der Waals surface area contributed by atoms with Crippen LogP contribution in [-0.4, -0.2) is 12.0 Å². The number of rotatable bonds is 8. The lowest BCUT2D eigenvalue weighted by Crippen LogP contribution is -2.02. The molecular weight excluding hydrogens is 259 g/mol. The summed E-state index contributed by atoms with van der Waals surface area (Å²) in [6, 6.07) is 0. The monoisotopic (exact) mass is 284 g/mol. The fourth-order valence-corrected chi connectivity index (χ4v) is 4.30. The van der Waals surface area contributed by atoms with Crippen LogP contribution in [-0.2, 0) is 0 Å². The van der Waals surface area contributed by atoms with Crippen LogP contribution in [0.15, 0.2) is 0 Å². The van der Waals surface area contributed by atoms with Crippen LogP contribution in [0.25, 0.3) is 0 Å². The minimum atomic E-state index is -1.30. The van der Waals surface area contributed by atoms with Gasteiger partial charge in [-0.2, -0.15) is 0 Å². The molecule has 0 amide bonds. The third kappa shape index (κ3) is 4.66. The van der Waals surface area contributed by atoms with Gasteiger partial charge in [-0.05, 0) is 36.9 Å². The van der Waals surface area contributed by atoms with Gasteiger partial charge in [-0.25, -0.2) is 0 Å². The molecule has 1 fully saturated rings. The van der Waals surface area contributed by atoms with Crippen LogP contribution in [0.3, 0.4) is 0 Å². The number of hydrogen-bond donors (Lipinski definition) is 0. The van der Waals surface area contributed by atoms with Gasteiger partial charge in [0.2, 0.25) is 0 Å². The predicted molar refractivity (Wildman–Crippen MR) is 79.7 cm³/mol. The molecule has 2 atom stereocenters. The van der Waals surface area contributed by atoms with Crippen LogP contribution < -0.4 is 0 Å². The second kappa shape index (κ2) is 6.20. The minimum Gasteiger partial charge on any atom is -0.0873 e. The summed E-state index contributed by atoms with van der Waals surface area (Å²) in [5, 5.41) is 0. The molecule has 16 heavy (non-hydrogen) atoms. The smallest absolute Gasteiger partial charge is 0.00275 e. The highest BCUT2D eigenvalue weighted by Crippen LogP contribution is 2.60. The number of unbranched alkanes of at least 4 members (excludes halogenated alkanes) is 2. The van der Waals surface area contributed by atoms with Crippen molar-refractivity contribution < 1.29 is 0 Å². The fourth-order valence-electron chi connectivity index (χ4n) is 2.93. The molecule has 1 aliphatic carbocycles. The molecule has 0 heterocycles. The van der Waals surface area contributed by atoms with E-state index < -0.39 is 8.46 Å². The second-order valence-electron chi connectivity index (χ2n) is 5.41. The molecule has 0 nitrogen and oxygen atoms in total. The zero-order valence-corrected chi connectivity index (χ0v) is 13.2. The Balaban J connectivity index is 2.08. The molecule has 0 aromatic heterocycles. The molecule has 1 saturated carbocycles. The Morgan fingerprint density at radius 1 is 1.19 bits per heavy atom. The van der Waals surface area contributed by atoms with Crippen molar-refractivity contribution in [1.29, 1.82) is 0 Å². The van der Waals surface area contributed by atoms with Crippen molar-refractivity contribution in [2.45, 2.75) is 58.8 Å². The Hall–Kier alpha value is 0.930. The molecule has 0 aromatic rings. The van der Waals surface area contributed by atoms with Crippen molar-refractivity contribution >= 4 is 29.8 Å². The third-order valence-electron chi connectivity index (χ3n) is 4.23. The molecule has 98 valence electrons. The van der Waals surface area contributed by atoms with Gasteiger partial charge in [0, 0.05) is 5.75 Å². The lowest BCUT2D eigenvalue weighted by molar-refractivity contribution is 0.380. The van der Waals surface area contributed by atoms with E-state index in [0.29, 0.717) is 0 Å². The molecule has 0 aliphatic heterocycles. The van der Waals surface area contributed by atoms with Crippen LogP contribution in [0.4, 0.5) is 0 Å². The first-order valence-corrected chi connectivity index (χ1v) is 10.4. The maximum atomic E-state index is 6.04. The van der Waals surface area contributed by atoms with Gasteiger partial charge in [0.05, 0.1) is 0 Å². The molecule has 0 radical (unpaired) electrons. The van der Waals surface area contributed by atoms with E-state index in [9.17, 15) is 0 Å². The quantitative estimate of drug-likeness (QED) is 0.472. The highest BCUT2D eigenvalue weighted by molar-refractivity contribution is 8.65. The van der Waals surface area contributed by atoms with Gasteiger partial charge in [-0.15, -0.1) is 0 Å². The highest BCUT2D eigenvalue weighted by atomic mass is 36.0. The summed E-state index contributed by atoms with van der Waals surface area (Å²) in [4.78, 5) is 0. The molecule has 0 spiro atoms. The predicted octanol–water partition coefficient (Wildman–Crippen LogP) is 6.12. The zero-order chi connectivity index (χ0) is 12.2. The Kier molecular flexibility index (Phi) is 5.81. The van der Waals surface area contributed by atoms with Gasteiger partial charge in [-0.3, -0.25) is 0 Å². The Morgan fingerprint density at radius 2 is 1.88 bits per heavy atom. The van der Waals surface area contributed by atoms with Crippen molar-refractivity contribution in [2.75, 3.05) is 12.0 Å². The van der Waals surface area contributed by atoms with E-state index in [-0.39, 0.29) is 0 Å². The number of hydrogen-bond acceptors (Lipinski definition) is 0. The van der Waals surface area contributed by atoms with Crippen molar-refractivity contribution in [3.05, 3.63) is 0 Å². The first kappa shape index (κ1) is 15.0. The van der Waals surface area contributed by atoms with Crippen molar-refractivity contribution in [2.24, 2.45) is 11.3 Å². The van der Waals surface area contributed by atoms with E-state index in [1.165, 1.54) is 44.9 Å². The number of halogens is 2. The molecule has 1 unspecified atom stereocenters. The van der Waals surface area contributed by atoms with E-state index in [1.807, 2.05) is 6.26 Å². The molecule has 1 aliphatic rings. The average Bonchev–Trinajstić information content (AvgIpc) is 2.90. The van der Waals surface area contributed by atoms with Gasteiger partial charge >= 0.3 is 0 Å². The summed E-state index contributed by atoms with van der Waals surface area (Å²) in [6.45, 7) is 4.69. The van der Waals surface area contributed by atoms with Gasteiger partial charge in [-0.1, -0.05) is 69.4 Å². The maximum Gasteiger partial charge on any atom is 0.00275 e. The summed E-state index contributed by atoms with van der Waals surface area (Å²) in [7, 11) is 10.8. The van der Waals surface area contributed by atoms with Crippen LogP contribution in [0.5, 0.6) is 0 Å². The van der Waals surface area contributed by atoms with Crippen molar-refractivity contribution in [3.63, 3.8) is 0 Å². The molecule has 3 heteroatoms. The van der Waals surface area contributed by atoms with Crippen molar-refractivity contribution in [1.82, 2.24) is 0 Å². The van der Waals surface area contributed by atoms with E-state index in [2.05, 4.69) is 13.8 Å². The van der Waals surface area contributed by atoms with E-state index >= 15 is 0 Å². The summed E-state index contributed by atoms with van der Waals surface area (Å²) >= 11 is 0. The summed E-state index contributed by atoms with van der Waals surface area (Å²) in [6.07, 6.45) is 11.5. The Labute approximate surface area is 112 Å². The third-order valence-corrected chi connectivity index (χ3v) is 6.16. The van der Waals surface area contributed by atoms with Gasteiger partial charge < -0.3 is 0 Å². The molecule has 0 aromatic carbocycles. The van der Waals surface area contributed by atoms with E-state index in [0.717, 1.165) is 17.1 Å². The molecule has 0 bridgehead atoms. The minimum absolute atomic E-state index is 0.729. The van der Waals surface area contributed by atoms with Crippen LogP contribution in [0.2, 0.25) is 0 Å². The fraction of sp³-hybridized carbons (Fsp3) is 1.00. The highest BCUT2D eigenvalue weighted by Gasteiger charge is 2.49.